The summed E-state index contributed by atoms with van der Waals surface area (Å²) in [5.74, 6) is -1.57. The molecular formula is C34H36FN3O4S. The van der Waals surface area contributed by atoms with Crippen LogP contribution in [0.1, 0.15) is 30.0 Å². The Morgan fingerprint density at radius 1 is 0.837 bits per heavy atom. The van der Waals surface area contributed by atoms with Crippen molar-refractivity contribution in [2.45, 2.75) is 44.2 Å². The van der Waals surface area contributed by atoms with Crippen LogP contribution < -0.4 is 9.62 Å². The van der Waals surface area contributed by atoms with Crippen molar-refractivity contribution >= 4 is 27.5 Å². The standard InChI is InChI=1S/C34H36FN3O4S/c1-3-22-36-34(40)32(23-27-15-6-4-7-16-27)37(24-28-17-11-12-20-30(28)35)33(39)25-38(31-21-13-10-14-26(31)2)43(41,42)29-18-8-5-9-19-29/h4-21,32H,3,22-25H2,1-2H3,(H,36,40)/t32-/m1/s1. The van der Waals surface area contributed by atoms with E-state index < -0.39 is 40.2 Å². The number of hydrogen-bond acceptors (Lipinski definition) is 4. The molecule has 224 valence electrons. The van der Waals surface area contributed by atoms with Crippen LogP contribution in [0.3, 0.4) is 0 Å². The summed E-state index contributed by atoms with van der Waals surface area (Å²) in [6.07, 6.45) is 0.841. The van der Waals surface area contributed by atoms with E-state index in [1.165, 1.54) is 23.1 Å². The lowest BCUT2D eigenvalue weighted by molar-refractivity contribution is -0.140. The minimum atomic E-state index is -4.19. The van der Waals surface area contributed by atoms with Crippen LogP contribution in [0.4, 0.5) is 10.1 Å². The summed E-state index contributed by atoms with van der Waals surface area (Å²) in [4.78, 5) is 29.3. The first-order chi connectivity index (χ1) is 20.7. The van der Waals surface area contributed by atoms with Crippen LogP contribution in [0.25, 0.3) is 0 Å². The molecule has 0 heterocycles. The van der Waals surface area contributed by atoms with Crippen molar-refractivity contribution in [1.82, 2.24) is 10.2 Å². The topological polar surface area (TPSA) is 86.8 Å². The van der Waals surface area contributed by atoms with Gasteiger partial charge in [0.2, 0.25) is 11.8 Å². The van der Waals surface area contributed by atoms with Crippen LogP contribution >= 0.6 is 0 Å². The molecule has 0 aliphatic heterocycles. The second kappa shape index (κ2) is 14.6. The van der Waals surface area contributed by atoms with E-state index in [4.69, 9.17) is 0 Å². The van der Waals surface area contributed by atoms with Crippen LogP contribution in [0, 0.1) is 12.7 Å². The molecule has 0 fully saturated rings. The Kier molecular flexibility index (Phi) is 10.7. The van der Waals surface area contributed by atoms with E-state index in [2.05, 4.69) is 5.32 Å². The number of amides is 2. The van der Waals surface area contributed by atoms with E-state index in [0.29, 0.717) is 24.2 Å². The summed E-state index contributed by atoms with van der Waals surface area (Å²) < 4.78 is 44.0. The number of nitrogens with zero attached hydrogens (tertiary/aromatic N) is 2. The SMILES string of the molecule is CCCNC(=O)[C@@H](Cc1ccccc1)N(Cc1ccccc1F)C(=O)CN(c1ccccc1C)S(=O)(=O)c1ccccc1. The Balaban J connectivity index is 1.81. The van der Waals surface area contributed by atoms with Gasteiger partial charge >= 0.3 is 0 Å². The zero-order chi connectivity index (χ0) is 30.8. The first kappa shape index (κ1) is 31.4. The summed E-state index contributed by atoms with van der Waals surface area (Å²) in [6.45, 7) is 3.26. The van der Waals surface area contributed by atoms with Gasteiger partial charge in [-0.3, -0.25) is 13.9 Å². The maximum Gasteiger partial charge on any atom is 0.264 e. The molecule has 4 aromatic rings. The fraction of sp³-hybridized carbons (Fsp3) is 0.235. The molecule has 0 saturated heterocycles. The molecule has 2 amide bonds. The van der Waals surface area contributed by atoms with Crippen LogP contribution in [0.5, 0.6) is 0 Å². The molecule has 0 bridgehead atoms. The third-order valence-corrected chi connectivity index (χ3v) is 8.89. The lowest BCUT2D eigenvalue weighted by Gasteiger charge is -2.34. The number of aryl methyl sites for hydroxylation is 1. The van der Waals surface area contributed by atoms with Crippen LogP contribution in [-0.2, 0) is 32.6 Å². The maximum absolute atomic E-state index is 15.0. The quantitative estimate of drug-likeness (QED) is 0.219. The molecule has 0 saturated carbocycles. The van der Waals surface area contributed by atoms with Gasteiger partial charge < -0.3 is 10.2 Å². The molecule has 0 unspecified atom stereocenters. The van der Waals surface area contributed by atoms with Gasteiger partial charge in [0.15, 0.2) is 0 Å². The molecule has 1 N–H and O–H groups in total. The predicted octanol–water partition coefficient (Wildman–Crippen LogP) is 5.50. The van der Waals surface area contributed by atoms with Crippen molar-refractivity contribution in [3.63, 3.8) is 0 Å². The van der Waals surface area contributed by atoms with Gasteiger partial charge in [-0.15, -0.1) is 0 Å². The van der Waals surface area contributed by atoms with Crippen molar-refractivity contribution in [3.8, 4) is 0 Å². The highest BCUT2D eigenvalue weighted by molar-refractivity contribution is 7.92. The highest BCUT2D eigenvalue weighted by Crippen LogP contribution is 2.27. The average molecular weight is 602 g/mol. The van der Waals surface area contributed by atoms with E-state index in [1.54, 1.807) is 67.6 Å². The highest BCUT2D eigenvalue weighted by Gasteiger charge is 2.35. The fourth-order valence-electron chi connectivity index (χ4n) is 4.81. The Hall–Kier alpha value is -4.50. The molecule has 0 radical (unpaired) electrons. The van der Waals surface area contributed by atoms with Gasteiger partial charge in [0, 0.05) is 25.1 Å². The molecule has 4 aromatic carbocycles. The first-order valence-electron chi connectivity index (χ1n) is 14.2. The number of carbonyl (C=O) groups excluding carboxylic acids is 2. The number of hydrogen-bond donors (Lipinski definition) is 1. The first-order valence-corrected chi connectivity index (χ1v) is 15.6. The Labute approximate surface area is 253 Å². The summed E-state index contributed by atoms with van der Waals surface area (Å²) in [5.41, 5.74) is 2.00. The number of halogens is 1. The lowest BCUT2D eigenvalue weighted by Crippen LogP contribution is -2.53. The Morgan fingerprint density at radius 2 is 1.44 bits per heavy atom. The van der Waals surface area contributed by atoms with Gasteiger partial charge in [-0.25, -0.2) is 12.8 Å². The van der Waals surface area contributed by atoms with Gasteiger partial charge in [0.05, 0.1) is 10.6 Å². The van der Waals surface area contributed by atoms with Gasteiger partial charge in [-0.1, -0.05) is 91.9 Å². The number of carbonyl (C=O) groups is 2. The van der Waals surface area contributed by atoms with E-state index in [9.17, 15) is 22.4 Å². The fourth-order valence-corrected chi connectivity index (χ4v) is 6.31. The third kappa shape index (κ3) is 7.87. The molecule has 7 nitrogen and oxygen atoms in total. The second-order valence-corrected chi connectivity index (χ2v) is 12.1. The monoisotopic (exact) mass is 601 g/mol. The molecule has 43 heavy (non-hydrogen) atoms. The van der Waals surface area contributed by atoms with Crippen LogP contribution in [0.2, 0.25) is 0 Å². The van der Waals surface area contributed by atoms with Crippen molar-refractivity contribution in [2.75, 3.05) is 17.4 Å². The van der Waals surface area contributed by atoms with Gasteiger partial charge in [-0.2, -0.15) is 0 Å². The summed E-state index contributed by atoms with van der Waals surface area (Å²) >= 11 is 0. The zero-order valence-corrected chi connectivity index (χ0v) is 25.1. The van der Waals surface area contributed by atoms with Gasteiger partial charge in [0.25, 0.3) is 10.0 Å². The van der Waals surface area contributed by atoms with E-state index >= 15 is 0 Å². The van der Waals surface area contributed by atoms with Crippen molar-refractivity contribution in [1.29, 1.82) is 0 Å². The minimum absolute atomic E-state index is 0.0215. The zero-order valence-electron chi connectivity index (χ0n) is 24.3. The molecule has 1 atom stereocenters. The molecule has 0 spiro atoms. The van der Waals surface area contributed by atoms with Gasteiger partial charge in [-0.05, 0) is 48.7 Å². The number of anilines is 1. The van der Waals surface area contributed by atoms with E-state index in [0.717, 1.165) is 9.87 Å². The van der Waals surface area contributed by atoms with Crippen LogP contribution in [-0.4, -0.2) is 44.3 Å². The van der Waals surface area contributed by atoms with E-state index in [-0.39, 0.29) is 23.4 Å². The molecule has 0 aromatic heterocycles. The largest absolute Gasteiger partial charge is 0.354 e. The number of para-hydroxylation sites is 1. The lowest BCUT2D eigenvalue weighted by atomic mass is 10.0. The number of benzene rings is 4. The van der Waals surface area contributed by atoms with E-state index in [1.807, 2.05) is 37.3 Å². The molecule has 0 aliphatic rings. The number of rotatable bonds is 13. The van der Waals surface area contributed by atoms with Crippen molar-refractivity contribution in [3.05, 3.63) is 132 Å². The predicted molar refractivity (Wildman–Crippen MR) is 166 cm³/mol. The average Bonchev–Trinajstić information content (AvgIpc) is 3.02. The Morgan fingerprint density at radius 3 is 2.09 bits per heavy atom. The van der Waals surface area contributed by atoms with Crippen molar-refractivity contribution in [2.24, 2.45) is 0 Å². The summed E-state index contributed by atoms with van der Waals surface area (Å²) in [5, 5.41) is 2.88. The number of nitrogens with one attached hydrogen (secondary N) is 1. The Bertz CT molecular complexity index is 1630. The third-order valence-electron chi connectivity index (χ3n) is 7.11. The molecule has 0 aliphatic carbocycles. The molecule has 4 rings (SSSR count). The van der Waals surface area contributed by atoms with Gasteiger partial charge in [0.1, 0.15) is 18.4 Å². The van der Waals surface area contributed by atoms with Crippen molar-refractivity contribution < 1.29 is 22.4 Å². The normalized spacial score (nSPS) is 11.9. The molecular weight excluding hydrogens is 565 g/mol. The minimum Gasteiger partial charge on any atom is -0.354 e. The number of sulfonamides is 1. The molecule has 9 heteroatoms. The smallest absolute Gasteiger partial charge is 0.264 e. The summed E-state index contributed by atoms with van der Waals surface area (Å²) in [6, 6.07) is 29.0. The maximum atomic E-state index is 15.0. The summed E-state index contributed by atoms with van der Waals surface area (Å²) in [7, 11) is -4.19. The highest BCUT2D eigenvalue weighted by atomic mass is 32.2. The second-order valence-electron chi connectivity index (χ2n) is 10.2. The van der Waals surface area contributed by atoms with Crippen LogP contribution in [0.15, 0.2) is 114 Å².